The summed E-state index contributed by atoms with van der Waals surface area (Å²) in [6.07, 6.45) is 0.405. The van der Waals surface area contributed by atoms with Crippen molar-refractivity contribution in [3.63, 3.8) is 0 Å². The first kappa shape index (κ1) is 21.8. The van der Waals surface area contributed by atoms with E-state index in [0.717, 1.165) is 4.68 Å². The number of aliphatic hydroxyl groups excluding tert-OH is 1. The Kier molecular flexibility index (Phi) is 7.09. The minimum absolute atomic E-state index is 0.0231. The van der Waals surface area contributed by atoms with E-state index in [1.807, 2.05) is 0 Å². The van der Waals surface area contributed by atoms with Crippen molar-refractivity contribution < 1.29 is 19.2 Å². The Bertz CT molecular complexity index is 934. The quantitative estimate of drug-likeness (QED) is 0.675. The van der Waals surface area contributed by atoms with E-state index in [0.29, 0.717) is 11.3 Å². The maximum atomic E-state index is 12.5. The maximum absolute atomic E-state index is 12.5. The van der Waals surface area contributed by atoms with Crippen molar-refractivity contribution in [1.82, 2.24) is 9.78 Å². The lowest BCUT2D eigenvalue weighted by Crippen LogP contribution is -2.30. The molecule has 0 radical (unpaired) electrons. The number of ether oxygens (including phenoxy) is 1. The summed E-state index contributed by atoms with van der Waals surface area (Å²) in [5.41, 5.74) is 0.265. The molecule has 0 amide bonds. The van der Waals surface area contributed by atoms with Crippen LogP contribution in [0.15, 0.2) is 45.7 Å². The first-order chi connectivity index (χ1) is 13.1. The smallest absolute Gasteiger partial charge is 0.266 e. The number of phenols is 1. The molecule has 0 aliphatic heterocycles. The molecule has 9 heteroatoms. The van der Waals surface area contributed by atoms with Crippen LogP contribution in [-0.2, 0) is 17.5 Å². The van der Waals surface area contributed by atoms with Gasteiger partial charge in [-0.1, -0.05) is 0 Å². The minimum Gasteiger partial charge on any atom is -0.507 e. The molecule has 0 saturated heterocycles. The van der Waals surface area contributed by atoms with Crippen LogP contribution in [0.1, 0.15) is 32.8 Å². The predicted octanol–water partition coefficient (Wildman–Crippen LogP) is 1.66. The molecular formula is C19H25N3O5S. The summed E-state index contributed by atoms with van der Waals surface area (Å²) < 4.78 is 22.4. The van der Waals surface area contributed by atoms with Gasteiger partial charge < -0.3 is 14.9 Å². The van der Waals surface area contributed by atoms with Crippen LogP contribution >= 0.6 is 0 Å². The van der Waals surface area contributed by atoms with E-state index in [-0.39, 0.29) is 30.0 Å². The summed E-state index contributed by atoms with van der Waals surface area (Å²) in [5.74, 6) is 0.351. The van der Waals surface area contributed by atoms with E-state index < -0.39 is 21.8 Å². The van der Waals surface area contributed by atoms with Gasteiger partial charge in [0, 0.05) is 30.3 Å². The van der Waals surface area contributed by atoms with Crippen molar-refractivity contribution in [2.45, 2.75) is 44.6 Å². The molecular weight excluding hydrogens is 382 g/mol. The molecule has 1 aromatic heterocycles. The van der Waals surface area contributed by atoms with Crippen molar-refractivity contribution in [2.24, 2.45) is 4.40 Å². The molecule has 2 atom stereocenters. The third kappa shape index (κ3) is 5.74. The summed E-state index contributed by atoms with van der Waals surface area (Å²) in [6.45, 7) is 5.28. The second-order valence-corrected chi connectivity index (χ2v) is 9.09. The average molecular weight is 407 g/mol. The monoisotopic (exact) mass is 407 g/mol. The maximum Gasteiger partial charge on any atom is 0.266 e. The van der Waals surface area contributed by atoms with Gasteiger partial charge in [-0.2, -0.15) is 9.50 Å². The summed E-state index contributed by atoms with van der Waals surface area (Å²) in [5, 5.41) is 24.7. The third-order valence-corrected chi connectivity index (χ3v) is 5.26. The van der Waals surface area contributed by atoms with Crippen LogP contribution in [-0.4, -0.2) is 47.9 Å². The number of aliphatic hydroxyl groups is 1. The van der Waals surface area contributed by atoms with E-state index in [4.69, 9.17) is 4.74 Å². The van der Waals surface area contributed by atoms with Crippen LogP contribution in [0.5, 0.6) is 11.5 Å². The van der Waals surface area contributed by atoms with Gasteiger partial charge in [0.05, 0.1) is 30.2 Å². The molecule has 0 bridgehead atoms. The molecule has 0 aliphatic carbocycles. The molecule has 1 aromatic carbocycles. The van der Waals surface area contributed by atoms with Crippen LogP contribution in [0.25, 0.3) is 0 Å². The van der Waals surface area contributed by atoms with Crippen molar-refractivity contribution in [3.8, 4) is 11.5 Å². The topological polar surface area (TPSA) is 114 Å². The molecule has 28 heavy (non-hydrogen) atoms. The number of phenolic OH excluding ortho intramolecular Hbond substituents is 1. The minimum atomic E-state index is -1.60. The Morgan fingerprint density at radius 3 is 2.64 bits per heavy atom. The summed E-state index contributed by atoms with van der Waals surface area (Å²) in [4.78, 5) is 11.8. The highest BCUT2D eigenvalue weighted by atomic mass is 32.2. The van der Waals surface area contributed by atoms with Gasteiger partial charge in [0.2, 0.25) is 0 Å². The molecule has 0 aliphatic rings. The van der Waals surface area contributed by atoms with Crippen molar-refractivity contribution in [1.29, 1.82) is 0 Å². The molecule has 0 spiro atoms. The normalized spacial score (nSPS) is 14.5. The first-order valence-corrected chi connectivity index (χ1v) is 9.79. The van der Waals surface area contributed by atoms with Gasteiger partial charge in [-0.25, -0.2) is 8.89 Å². The van der Waals surface area contributed by atoms with Gasteiger partial charge in [0.25, 0.3) is 5.56 Å². The number of methoxy groups -OCH3 is 1. The van der Waals surface area contributed by atoms with Crippen LogP contribution in [0.4, 0.5) is 0 Å². The molecule has 152 valence electrons. The number of rotatable bonds is 7. The van der Waals surface area contributed by atoms with Crippen LogP contribution in [0, 0.1) is 0 Å². The van der Waals surface area contributed by atoms with Gasteiger partial charge in [0.1, 0.15) is 22.5 Å². The lowest BCUT2D eigenvalue weighted by atomic mass is 10.0. The zero-order chi connectivity index (χ0) is 20.9. The summed E-state index contributed by atoms with van der Waals surface area (Å²) >= 11 is 0. The molecule has 8 nitrogen and oxygen atoms in total. The Morgan fingerprint density at radius 1 is 1.36 bits per heavy atom. The lowest BCUT2D eigenvalue weighted by molar-refractivity contribution is 0.154. The largest absolute Gasteiger partial charge is 0.507 e. The standard InChI is InChI=1S/C19H25N3O5S/c1-19(2,3)28(26)21-16(15-8-7-14(27-4)11-17(15)24)10-13(23)12-22-18(25)6-5-9-20-22/h5-9,11,13,23-24H,10,12H2,1-4H3/b21-16+/t13-,28-/m0/s1. The molecule has 0 fully saturated rings. The third-order valence-electron chi connectivity index (χ3n) is 3.83. The molecule has 0 unspecified atom stereocenters. The van der Waals surface area contributed by atoms with Crippen LogP contribution in [0.3, 0.4) is 0 Å². The summed E-state index contributed by atoms with van der Waals surface area (Å²) in [6, 6.07) is 7.51. The Labute approximate surface area is 166 Å². The van der Waals surface area contributed by atoms with Crippen molar-refractivity contribution in [3.05, 3.63) is 52.4 Å². The number of aromatic nitrogens is 2. The number of benzene rings is 1. The highest BCUT2D eigenvalue weighted by Crippen LogP contribution is 2.26. The molecule has 1 heterocycles. The second kappa shape index (κ2) is 9.11. The number of hydrogen-bond donors (Lipinski definition) is 2. The van der Waals surface area contributed by atoms with E-state index in [2.05, 4.69) is 9.50 Å². The van der Waals surface area contributed by atoms with E-state index >= 15 is 0 Å². The van der Waals surface area contributed by atoms with E-state index in [1.54, 1.807) is 32.9 Å². The molecule has 2 aromatic rings. The van der Waals surface area contributed by atoms with Crippen LogP contribution < -0.4 is 10.3 Å². The van der Waals surface area contributed by atoms with Crippen molar-refractivity contribution in [2.75, 3.05) is 7.11 Å². The Hall–Kier alpha value is -2.52. The Balaban J connectivity index is 2.36. The SMILES string of the molecule is COc1ccc(/C(C[C@H](O)Cn2ncccc2=O)=N/[S@@](=O)C(C)(C)C)c(O)c1. The second-order valence-electron chi connectivity index (χ2n) is 7.18. The van der Waals surface area contributed by atoms with Gasteiger partial charge >= 0.3 is 0 Å². The van der Waals surface area contributed by atoms with Gasteiger partial charge in [-0.15, -0.1) is 0 Å². The van der Waals surface area contributed by atoms with E-state index in [1.165, 1.54) is 31.5 Å². The highest BCUT2D eigenvalue weighted by Gasteiger charge is 2.23. The fourth-order valence-electron chi connectivity index (χ4n) is 2.33. The van der Waals surface area contributed by atoms with Crippen molar-refractivity contribution >= 4 is 16.7 Å². The molecule has 0 saturated carbocycles. The zero-order valence-electron chi connectivity index (χ0n) is 16.3. The molecule has 2 rings (SSSR count). The number of aromatic hydroxyl groups is 1. The first-order valence-electron chi connectivity index (χ1n) is 8.69. The highest BCUT2D eigenvalue weighted by molar-refractivity contribution is 7.85. The van der Waals surface area contributed by atoms with E-state index in [9.17, 15) is 19.2 Å². The number of nitrogens with zero attached hydrogens (tertiary/aromatic N) is 3. The number of hydrogen-bond acceptors (Lipinski definition) is 6. The average Bonchev–Trinajstić information content (AvgIpc) is 2.62. The van der Waals surface area contributed by atoms with Crippen LogP contribution in [0.2, 0.25) is 0 Å². The van der Waals surface area contributed by atoms with Gasteiger partial charge in [-0.05, 0) is 39.0 Å². The fraction of sp³-hybridized carbons (Fsp3) is 0.421. The fourth-order valence-corrected chi connectivity index (χ4v) is 2.97. The Morgan fingerprint density at radius 2 is 2.07 bits per heavy atom. The zero-order valence-corrected chi connectivity index (χ0v) is 17.1. The van der Waals surface area contributed by atoms with Gasteiger partial charge in [-0.3, -0.25) is 4.79 Å². The molecule has 2 N–H and O–H groups in total. The predicted molar refractivity (Wildman–Crippen MR) is 108 cm³/mol. The lowest BCUT2D eigenvalue weighted by Gasteiger charge is -2.18. The van der Waals surface area contributed by atoms with Gasteiger partial charge in [0.15, 0.2) is 0 Å². The summed E-state index contributed by atoms with van der Waals surface area (Å²) in [7, 11) is -0.122.